The highest BCUT2D eigenvalue weighted by Crippen LogP contribution is 2.14. The monoisotopic (exact) mass is 444 g/mol. The Hall–Kier alpha value is -1.77. The van der Waals surface area contributed by atoms with Crippen molar-refractivity contribution in [1.29, 1.82) is 0 Å². The maximum atomic E-state index is 11.7. The lowest BCUT2D eigenvalue weighted by atomic mass is 10.0. The normalized spacial score (nSPS) is 11.3. The zero-order chi connectivity index (χ0) is 23.1. The number of carbonyl (C=O) groups is 1. The summed E-state index contributed by atoms with van der Waals surface area (Å²) < 4.78 is 5.24. The predicted molar refractivity (Wildman–Crippen MR) is 137 cm³/mol. The average molecular weight is 445 g/mol. The van der Waals surface area contributed by atoms with Gasteiger partial charge in [0.05, 0.1) is 6.61 Å². The van der Waals surface area contributed by atoms with Gasteiger partial charge in [0.1, 0.15) is 5.75 Å². The predicted octanol–water partition coefficient (Wildman–Crippen LogP) is 8.99. The highest BCUT2D eigenvalue weighted by molar-refractivity contribution is 5.87. The number of esters is 1. The maximum Gasteiger partial charge on any atom is 0.330 e. The fourth-order valence-corrected chi connectivity index (χ4v) is 3.97. The van der Waals surface area contributed by atoms with Gasteiger partial charge in [0.25, 0.3) is 0 Å². The van der Waals surface area contributed by atoms with Crippen molar-refractivity contribution in [3.8, 4) is 5.75 Å². The molecule has 1 N–H and O–H groups in total. The van der Waals surface area contributed by atoms with Gasteiger partial charge in [0.2, 0.25) is 0 Å². The van der Waals surface area contributed by atoms with Gasteiger partial charge in [-0.25, -0.2) is 4.79 Å². The third-order valence-corrected chi connectivity index (χ3v) is 6.05. The lowest BCUT2D eigenvalue weighted by molar-refractivity contribution is -0.137. The fraction of sp³-hybridized carbons (Fsp3) is 0.690. The Morgan fingerprint density at radius 2 is 1.09 bits per heavy atom. The molecule has 0 saturated heterocycles. The van der Waals surface area contributed by atoms with Gasteiger partial charge >= 0.3 is 5.97 Å². The van der Waals surface area contributed by atoms with Crippen molar-refractivity contribution in [1.82, 2.24) is 0 Å². The minimum atomic E-state index is -0.301. The van der Waals surface area contributed by atoms with Crippen LogP contribution in [0.2, 0.25) is 0 Å². The molecule has 0 amide bonds. The van der Waals surface area contributed by atoms with E-state index < -0.39 is 0 Å². The molecule has 0 heterocycles. The van der Waals surface area contributed by atoms with E-state index >= 15 is 0 Å². The standard InChI is InChI=1S/C29H48O3/c1-2-3-4-5-6-7-8-9-10-11-12-13-14-15-16-17-18-19-26-32-29(31)25-22-27-20-23-28(30)24-21-27/h20-25,30H,2-19,26H2,1H3. The molecule has 0 bridgehead atoms. The molecule has 3 heteroatoms. The van der Waals surface area contributed by atoms with E-state index in [1.165, 1.54) is 109 Å². The molecule has 0 radical (unpaired) electrons. The van der Waals surface area contributed by atoms with Crippen molar-refractivity contribution >= 4 is 12.0 Å². The number of rotatable bonds is 21. The molecule has 0 aliphatic heterocycles. The highest BCUT2D eigenvalue weighted by atomic mass is 16.5. The van der Waals surface area contributed by atoms with Crippen LogP contribution in [0.15, 0.2) is 30.3 Å². The van der Waals surface area contributed by atoms with Crippen LogP contribution in [0.1, 0.15) is 128 Å². The topological polar surface area (TPSA) is 46.5 Å². The van der Waals surface area contributed by atoms with Gasteiger partial charge in [-0.1, -0.05) is 128 Å². The van der Waals surface area contributed by atoms with Crippen LogP contribution in [0.3, 0.4) is 0 Å². The summed E-state index contributed by atoms with van der Waals surface area (Å²) in [5.41, 5.74) is 0.868. The zero-order valence-electron chi connectivity index (χ0n) is 20.7. The van der Waals surface area contributed by atoms with Crippen LogP contribution in [0, 0.1) is 0 Å². The third kappa shape index (κ3) is 17.9. The number of hydrogen-bond acceptors (Lipinski definition) is 3. The molecule has 3 nitrogen and oxygen atoms in total. The molecule has 1 aromatic carbocycles. The molecule has 0 spiro atoms. The molecule has 0 fully saturated rings. The number of ether oxygens (including phenoxy) is 1. The maximum absolute atomic E-state index is 11.7. The second kappa shape index (κ2) is 21.1. The third-order valence-electron chi connectivity index (χ3n) is 6.05. The smallest absolute Gasteiger partial charge is 0.330 e. The van der Waals surface area contributed by atoms with Crippen molar-refractivity contribution in [3.05, 3.63) is 35.9 Å². The first kappa shape index (κ1) is 28.3. The van der Waals surface area contributed by atoms with Crippen LogP contribution in [-0.2, 0) is 9.53 Å². The van der Waals surface area contributed by atoms with E-state index in [1.807, 2.05) is 0 Å². The highest BCUT2D eigenvalue weighted by Gasteiger charge is 1.98. The van der Waals surface area contributed by atoms with Gasteiger partial charge in [-0.2, -0.15) is 0 Å². The molecular weight excluding hydrogens is 396 g/mol. The van der Waals surface area contributed by atoms with Gasteiger partial charge in [-0.3, -0.25) is 0 Å². The average Bonchev–Trinajstić information content (AvgIpc) is 2.80. The number of aromatic hydroxyl groups is 1. The van der Waals surface area contributed by atoms with E-state index in [4.69, 9.17) is 4.74 Å². The summed E-state index contributed by atoms with van der Waals surface area (Å²) in [6.07, 6.45) is 27.5. The van der Waals surface area contributed by atoms with Crippen molar-refractivity contribution < 1.29 is 14.6 Å². The minimum absolute atomic E-state index is 0.221. The molecule has 0 aliphatic carbocycles. The van der Waals surface area contributed by atoms with E-state index in [9.17, 15) is 9.90 Å². The van der Waals surface area contributed by atoms with E-state index in [0.717, 1.165) is 18.4 Å². The van der Waals surface area contributed by atoms with Crippen LogP contribution in [0.4, 0.5) is 0 Å². The van der Waals surface area contributed by atoms with Crippen molar-refractivity contribution in [2.75, 3.05) is 6.61 Å². The second-order valence-electron chi connectivity index (χ2n) is 9.10. The summed E-state index contributed by atoms with van der Waals surface area (Å²) in [4.78, 5) is 11.7. The van der Waals surface area contributed by atoms with Gasteiger partial charge in [0, 0.05) is 6.08 Å². The van der Waals surface area contributed by atoms with Crippen molar-refractivity contribution in [2.24, 2.45) is 0 Å². The van der Waals surface area contributed by atoms with Crippen LogP contribution in [0.5, 0.6) is 5.75 Å². The van der Waals surface area contributed by atoms with E-state index in [2.05, 4.69) is 6.92 Å². The summed E-state index contributed by atoms with van der Waals surface area (Å²) >= 11 is 0. The lowest BCUT2D eigenvalue weighted by Crippen LogP contribution is -2.02. The van der Waals surface area contributed by atoms with Crippen molar-refractivity contribution in [2.45, 2.75) is 122 Å². The number of phenolic OH excluding ortho intramolecular Hbond substituents is 1. The number of benzene rings is 1. The Kier molecular flexibility index (Phi) is 18.6. The van der Waals surface area contributed by atoms with Gasteiger partial charge < -0.3 is 9.84 Å². The fourth-order valence-electron chi connectivity index (χ4n) is 3.97. The second-order valence-corrected chi connectivity index (χ2v) is 9.10. The number of phenols is 1. The van der Waals surface area contributed by atoms with E-state index in [0.29, 0.717) is 6.61 Å². The minimum Gasteiger partial charge on any atom is -0.508 e. The summed E-state index contributed by atoms with van der Waals surface area (Å²) in [6, 6.07) is 6.72. The molecule has 1 aromatic rings. The molecule has 0 aromatic heterocycles. The Bertz CT molecular complexity index is 577. The van der Waals surface area contributed by atoms with E-state index in [1.54, 1.807) is 30.3 Å². The zero-order valence-corrected chi connectivity index (χ0v) is 20.7. The molecule has 0 atom stereocenters. The summed E-state index contributed by atoms with van der Waals surface area (Å²) in [5.74, 6) is -0.0798. The van der Waals surface area contributed by atoms with Gasteiger partial charge in [-0.15, -0.1) is 0 Å². The molecular formula is C29H48O3. The first-order valence-corrected chi connectivity index (χ1v) is 13.4. The quantitative estimate of drug-likeness (QED) is 0.117. The van der Waals surface area contributed by atoms with Crippen molar-refractivity contribution in [3.63, 3.8) is 0 Å². The Labute approximate surface area is 197 Å². The Balaban J connectivity index is 1.78. The van der Waals surface area contributed by atoms with Crippen LogP contribution in [0.25, 0.3) is 6.08 Å². The summed E-state index contributed by atoms with van der Waals surface area (Å²) in [7, 11) is 0. The van der Waals surface area contributed by atoms with Gasteiger partial charge in [-0.05, 0) is 30.2 Å². The van der Waals surface area contributed by atoms with Crippen LogP contribution in [-0.4, -0.2) is 17.7 Å². The van der Waals surface area contributed by atoms with E-state index in [-0.39, 0.29) is 11.7 Å². The van der Waals surface area contributed by atoms with Crippen LogP contribution < -0.4 is 0 Å². The molecule has 0 unspecified atom stereocenters. The largest absolute Gasteiger partial charge is 0.508 e. The molecule has 0 saturated carbocycles. The molecule has 1 rings (SSSR count). The Morgan fingerprint density at radius 1 is 0.688 bits per heavy atom. The number of hydrogen-bond donors (Lipinski definition) is 1. The summed E-state index contributed by atoms with van der Waals surface area (Å²) in [6.45, 7) is 2.78. The SMILES string of the molecule is CCCCCCCCCCCCCCCCCCCCOC(=O)C=Cc1ccc(O)cc1. The van der Waals surface area contributed by atoms with Crippen LogP contribution >= 0.6 is 0 Å². The summed E-state index contributed by atoms with van der Waals surface area (Å²) in [5, 5.41) is 9.24. The van der Waals surface area contributed by atoms with Gasteiger partial charge in [0.15, 0.2) is 0 Å². The molecule has 182 valence electrons. The first-order chi connectivity index (χ1) is 15.7. The number of carbonyl (C=O) groups excluding carboxylic acids is 1. The molecule has 0 aliphatic rings. The first-order valence-electron chi connectivity index (χ1n) is 13.4. The molecule has 32 heavy (non-hydrogen) atoms. The number of unbranched alkanes of at least 4 members (excludes halogenated alkanes) is 17. The Morgan fingerprint density at radius 3 is 1.53 bits per heavy atom. The lowest BCUT2D eigenvalue weighted by Gasteiger charge is -2.04.